The van der Waals surface area contributed by atoms with Gasteiger partial charge >= 0.3 is 0 Å². The summed E-state index contributed by atoms with van der Waals surface area (Å²) in [5.74, 6) is -0.242. The minimum absolute atomic E-state index is 0.0771. The van der Waals surface area contributed by atoms with Crippen molar-refractivity contribution >= 4 is 39.5 Å². The zero-order chi connectivity index (χ0) is 18.6. The van der Waals surface area contributed by atoms with Gasteiger partial charge in [-0.05, 0) is 67.1 Å². The van der Waals surface area contributed by atoms with Crippen molar-refractivity contribution in [2.75, 3.05) is 11.6 Å². The third kappa shape index (κ3) is 5.20. The van der Waals surface area contributed by atoms with Gasteiger partial charge in [-0.1, -0.05) is 12.1 Å². The molecule has 0 unspecified atom stereocenters. The number of rotatable bonds is 7. The molecule has 3 rings (SSSR count). The van der Waals surface area contributed by atoms with Gasteiger partial charge in [-0.3, -0.25) is 4.79 Å². The van der Waals surface area contributed by atoms with Crippen LogP contribution in [0, 0.1) is 0 Å². The van der Waals surface area contributed by atoms with Gasteiger partial charge in [0.05, 0.1) is 4.90 Å². The van der Waals surface area contributed by atoms with Gasteiger partial charge in [-0.25, -0.2) is 13.1 Å². The van der Waals surface area contributed by atoms with Gasteiger partial charge in [-0.15, -0.1) is 11.8 Å². The van der Waals surface area contributed by atoms with Crippen LogP contribution in [-0.4, -0.2) is 26.6 Å². The first-order valence-corrected chi connectivity index (χ1v) is 10.9. The molecule has 7 heteroatoms. The van der Waals surface area contributed by atoms with Gasteiger partial charge < -0.3 is 5.32 Å². The lowest BCUT2D eigenvalue weighted by molar-refractivity contribution is -0.111. The van der Waals surface area contributed by atoms with Crippen LogP contribution >= 0.6 is 11.8 Å². The Morgan fingerprint density at radius 3 is 2.31 bits per heavy atom. The lowest BCUT2D eigenvalue weighted by Gasteiger charge is -2.05. The maximum absolute atomic E-state index is 12.1. The van der Waals surface area contributed by atoms with Crippen LogP contribution in [0.1, 0.15) is 18.4 Å². The first-order chi connectivity index (χ1) is 12.5. The van der Waals surface area contributed by atoms with E-state index in [9.17, 15) is 13.2 Å². The second-order valence-electron chi connectivity index (χ2n) is 6.02. The van der Waals surface area contributed by atoms with Gasteiger partial charge in [-0.2, -0.15) is 0 Å². The van der Waals surface area contributed by atoms with Crippen LogP contribution < -0.4 is 10.0 Å². The second kappa shape index (κ2) is 8.07. The number of amides is 1. The summed E-state index contributed by atoms with van der Waals surface area (Å²) in [4.78, 5) is 13.4. The summed E-state index contributed by atoms with van der Waals surface area (Å²) in [5, 5.41) is 2.79. The fourth-order valence-electron chi connectivity index (χ4n) is 2.28. The van der Waals surface area contributed by atoms with Crippen molar-refractivity contribution in [3.63, 3.8) is 0 Å². The standard InChI is InChI=1S/C19H20N2O3S2/c1-25-17-9-7-15(8-10-17)20-19(22)13-4-14-2-11-18(12-3-14)26(23,24)21-16-5-6-16/h2-4,7-13,16,21H,5-6H2,1H3,(H,20,22)/b13-4+. The summed E-state index contributed by atoms with van der Waals surface area (Å²) in [6, 6.07) is 14.1. The second-order valence-corrected chi connectivity index (χ2v) is 8.61. The van der Waals surface area contributed by atoms with Gasteiger partial charge in [0.25, 0.3) is 0 Å². The molecule has 0 aromatic heterocycles. The molecule has 0 atom stereocenters. The van der Waals surface area contributed by atoms with E-state index in [0.717, 1.165) is 29.0 Å². The van der Waals surface area contributed by atoms with Crippen molar-refractivity contribution in [2.45, 2.75) is 28.7 Å². The normalized spacial score (nSPS) is 14.5. The Labute approximate surface area is 157 Å². The number of benzene rings is 2. The summed E-state index contributed by atoms with van der Waals surface area (Å²) < 4.78 is 26.9. The highest BCUT2D eigenvalue weighted by Gasteiger charge is 2.27. The fourth-order valence-corrected chi connectivity index (χ4v) is 3.99. The van der Waals surface area contributed by atoms with Crippen molar-refractivity contribution in [3.8, 4) is 0 Å². The summed E-state index contributed by atoms with van der Waals surface area (Å²) in [6.45, 7) is 0. The molecule has 0 saturated heterocycles. The molecule has 0 bridgehead atoms. The number of carbonyl (C=O) groups is 1. The molecule has 2 aromatic rings. The molecule has 26 heavy (non-hydrogen) atoms. The lowest BCUT2D eigenvalue weighted by atomic mass is 10.2. The first-order valence-electron chi connectivity index (χ1n) is 8.22. The summed E-state index contributed by atoms with van der Waals surface area (Å²) in [7, 11) is -3.45. The minimum Gasteiger partial charge on any atom is -0.323 e. The molecule has 136 valence electrons. The van der Waals surface area contributed by atoms with Crippen molar-refractivity contribution in [1.29, 1.82) is 0 Å². The predicted molar refractivity (Wildman–Crippen MR) is 106 cm³/mol. The highest BCUT2D eigenvalue weighted by atomic mass is 32.2. The summed E-state index contributed by atoms with van der Waals surface area (Å²) in [6.07, 6.45) is 6.87. The Kier molecular flexibility index (Phi) is 5.80. The fraction of sp³-hybridized carbons (Fsp3) is 0.211. The van der Waals surface area contributed by atoms with Crippen molar-refractivity contribution in [2.24, 2.45) is 0 Å². The average molecular weight is 389 g/mol. The number of sulfonamides is 1. The Morgan fingerprint density at radius 1 is 1.08 bits per heavy atom. The van der Waals surface area contributed by atoms with E-state index in [1.54, 1.807) is 42.1 Å². The molecule has 1 fully saturated rings. The predicted octanol–water partition coefficient (Wildman–Crippen LogP) is 3.50. The molecule has 1 aliphatic carbocycles. The van der Waals surface area contributed by atoms with Crippen LogP contribution in [0.4, 0.5) is 5.69 Å². The highest BCUT2D eigenvalue weighted by Crippen LogP contribution is 2.22. The number of hydrogen-bond donors (Lipinski definition) is 2. The number of hydrogen-bond acceptors (Lipinski definition) is 4. The Bertz CT molecular complexity index is 901. The van der Waals surface area contributed by atoms with E-state index in [1.165, 1.54) is 6.08 Å². The molecule has 1 saturated carbocycles. The summed E-state index contributed by atoms with van der Waals surface area (Å²) in [5.41, 5.74) is 1.48. The van der Waals surface area contributed by atoms with E-state index in [2.05, 4.69) is 10.0 Å². The van der Waals surface area contributed by atoms with E-state index in [0.29, 0.717) is 0 Å². The third-order valence-corrected chi connectivity index (χ3v) is 6.15. The molecule has 0 radical (unpaired) electrons. The molecular formula is C19H20N2O3S2. The van der Waals surface area contributed by atoms with Crippen LogP contribution in [0.25, 0.3) is 6.08 Å². The van der Waals surface area contributed by atoms with E-state index >= 15 is 0 Å². The number of anilines is 1. The Balaban J connectivity index is 1.59. The van der Waals surface area contributed by atoms with Crippen LogP contribution in [0.15, 0.2) is 64.4 Å². The SMILES string of the molecule is CSc1ccc(NC(=O)/C=C/c2ccc(S(=O)(=O)NC3CC3)cc2)cc1. The molecule has 5 nitrogen and oxygen atoms in total. The van der Waals surface area contributed by atoms with Crippen molar-refractivity contribution in [3.05, 3.63) is 60.2 Å². The maximum Gasteiger partial charge on any atom is 0.248 e. The van der Waals surface area contributed by atoms with Crippen LogP contribution in [-0.2, 0) is 14.8 Å². The highest BCUT2D eigenvalue weighted by molar-refractivity contribution is 7.98. The number of carbonyl (C=O) groups excluding carboxylic acids is 1. The van der Waals surface area contributed by atoms with E-state index < -0.39 is 10.0 Å². The molecular weight excluding hydrogens is 368 g/mol. The minimum atomic E-state index is -3.45. The molecule has 2 N–H and O–H groups in total. The molecule has 0 heterocycles. The van der Waals surface area contributed by atoms with Gasteiger partial charge in [0.2, 0.25) is 15.9 Å². The van der Waals surface area contributed by atoms with E-state index in [4.69, 9.17) is 0 Å². The largest absolute Gasteiger partial charge is 0.323 e. The average Bonchev–Trinajstić information content (AvgIpc) is 3.44. The van der Waals surface area contributed by atoms with Crippen molar-refractivity contribution in [1.82, 2.24) is 4.72 Å². The quantitative estimate of drug-likeness (QED) is 0.562. The van der Waals surface area contributed by atoms with Gasteiger partial charge in [0.1, 0.15) is 0 Å². The molecule has 0 aliphatic heterocycles. The molecule has 1 aliphatic rings. The molecule has 1 amide bonds. The van der Waals surface area contributed by atoms with Gasteiger partial charge in [0, 0.05) is 22.7 Å². The lowest BCUT2D eigenvalue weighted by Crippen LogP contribution is -2.25. The number of nitrogens with one attached hydrogen (secondary N) is 2. The Hall–Kier alpha value is -2.09. The monoisotopic (exact) mass is 388 g/mol. The topological polar surface area (TPSA) is 75.3 Å². The first kappa shape index (κ1) is 18.7. The van der Waals surface area contributed by atoms with Crippen LogP contribution in [0.2, 0.25) is 0 Å². The van der Waals surface area contributed by atoms with Crippen molar-refractivity contribution < 1.29 is 13.2 Å². The van der Waals surface area contributed by atoms with E-state index in [-0.39, 0.29) is 16.8 Å². The number of thioether (sulfide) groups is 1. The maximum atomic E-state index is 12.1. The zero-order valence-electron chi connectivity index (χ0n) is 14.3. The smallest absolute Gasteiger partial charge is 0.248 e. The van der Waals surface area contributed by atoms with Crippen LogP contribution in [0.5, 0.6) is 0 Å². The third-order valence-electron chi connectivity index (χ3n) is 3.87. The van der Waals surface area contributed by atoms with E-state index in [1.807, 2.05) is 30.5 Å². The Morgan fingerprint density at radius 2 is 1.73 bits per heavy atom. The zero-order valence-corrected chi connectivity index (χ0v) is 15.9. The molecule has 2 aromatic carbocycles. The molecule has 0 spiro atoms. The van der Waals surface area contributed by atoms with Gasteiger partial charge in [0.15, 0.2) is 0 Å². The van der Waals surface area contributed by atoms with Crippen LogP contribution in [0.3, 0.4) is 0 Å². The summed E-state index contributed by atoms with van der Waals surface area (Å²) >= 11 is 1.64.